The first kappa shape index (κ1) is 37.8. The van der Waals surface area contributed by atoms with E-state index in [1.807, 2.05) is 36.5 Å². The lowest BCUT2D eigenvalue weighted by atomic mass is 10.0. The fourth-order valence-electron chi connectivity index (χ4n) is 5.95. The molecule has 1 unspecified atom stereocenters. The standard InChI is InChI=1S/C39H58N2O4S/c1-3-5-6-7-8-9-10-11-12-13-14-15-16-17-18-19-20-21-37(42)41-38(43)36(46-39(41)44)30-33-23-26-35(27-24-33)45-29-28-34-25-22-32(4-2)31-40-34/h22-27,31,36H,3-21,28-30H2,1-2H3. The van der Waals surface area contributed by atoms with Gasteiger partial charge < -0.3 is 4.74 Å². The summed E-state index contributed by atoms with van der Waals surface area (Å²) in [6.07, 6.45) is 26.0. The average molecular weight is 651 g/mol. The van der Waals surface area contributed by atoms with Gasteiger partial charge in [0.2, 0.25) is 5.91 Å². The van der Waals surface area contributed by atoms with Gasteiger partial charge in [-0.1, -0.05) is 147 Å². The molecule has 1 aromatic carbocycles. The lowest BCUT2D eigenvalue weighted by Crippen LogP contribution is -2.37. The number of rotatable bonds is 25. The number of unbranched alkanes of at least 4 members (excludes halogenated alkanes) is 16. The van der Waals surface area contributed by atoms with Crippen molar-refractivity contribution in [3.05, 3.63) is 59.4 Å². The van der Waals surface area contributed by atoms with Crippen LogP contribution in [0.4, 0.5) is 4.79 Å². The van der Waals surface area contributed by atoms with Crippen LogP contribution in [-0.4, -0.2) is 38.8 Å². The minimum Gasteiger partial charge on any atom is -0.493 e. The number of ether oxygens (including phenoxy) is 1. The predicted octanol–water partition coefficient (Wildman–Crippen LogP) is 10.4. The number of nitrogens with zero attached hydrogens (tertiary/aromatic N) is 2. The zero-order chi connectivity index (χ0) is 32.8. The SMILES string of the molecule is CCCCCCCCCCCCCCCCCCCC(=O)N1C(=O)SC(Cc2ccc(OCCc3ccc(CC)cn3)cc2)C1=O. The van der Waals surface area contributed by atoms with Crippen LogP contribution in [0.15, 0.2) is 42.6 Å². The van der Waals surface area contributed by atoms with Crippen LogP contribution in [0.1, 0.15) is 146 Å². The van der Waals surface area contributed by atoms with E-state index in [4.69, 9.17) is 4.74 Å². The van der Waals surface area contributed by atoms with Crippen molar-refractivity contribution < 1.29 is 19.1 Å². The molecule has 0 saturated carbocycles. The highest BCUT2D eigenvalue weighted by atomic mass is 32.2. The van der Waals surface area contributed by atoms with Gasteiger partial charge in [0.05, 0.1) is 11.9 Å². The number of imide groups is 3. The molecule has 0 radical (unpaired) electrons. The van der Waals surface area contributed by atoms with Crippen LogP contribution in [0.25, 0.3) is 0 Å². The summed E-state index contributed by atoms with van der Waals surface area (Å²) in [5, 5.41) is -0.997. The van der Waals surface area contributed by atoms with Gasteiger partial charge in [0.25, 0.3) is 11.1 Å². The van der Waals surface area contributed by atoms with Crippen molar-refractivity contribution in [2.24, 2.45) is 0 Å². The van der Waals surface area contributed by atoms with E-state index in [-0.39, 0.29) is 18.2 Å². The molecule has 0 aliphatic carbocycles. The van der Waals surface area contributed by atoms with Gasteiger partial charge in [-0.2, -0.15) is 0 Å². The van der Waals surface area contributed by atoms with E-state index in [2.05, 4.69) is 24.9 Å². The summed E-state index contributed by atoms with van der Waals surface area (Å²) in [4.78, 5) is 43.6. The molecular weight excluding hydrogens is 593 g/mol. The lowest BCUT2D eigenvalue weighted by molar-refractivity contribution is -0.139. The highest BCUT2D eigenvalue weighted by Crippen LogP contribution is 2.31. The normalized spacial score (nSPS) is 14.7. The van der Waals surface area contributed by atoms with E-state index < -0.39 is 10.5 Å². The van der Waals surface area contributed by atoms with E-state index in [0.29, 0.717) is 13.0 Å². The minimum absolute atomic E-state index is 0.258. The second kappa shape index (κ2) is 22.8. The van der Waals surface area contributed by atoms with Crippen molar-refractivity contribution in [2.75, 3.05) is 6.61 Å². The van der Waals surface area contributed by atoms with E-state index in [1.54, 1.807) is 0 Å². The molecule has 254 valence electrons. The third kappa shape index (κ3) is 14.4. The molecule has 0 spiro atoms. The highest BCUT2D eigenvalue weighted by Gasteiger charge is 2.42. The van der Waals surface area contributed by atoms with Crippen LogP contribution in [0, 0.1) is 0 Å². The Balaban J connectivity index is 1.21. The summed E-state index contributed by atoms with van der Waals surface area (Å²) in [5.41, 5.74) is 3.16. The molecule has 7 heteroatoms. The zero-order valence-electron chi connectivity index (χ0n) is 28.6. The second-order valence-corrected chi connectivity index (χ2v) is 14.0. The van der Waals surface area contributed by atoms with Gasteiger partial charge in [-0.05, 0) is 48.6 Å². The van der Waals surface area contributed by atoms with Crippen molar-refractivity contribution >= 4 is 28.8 Å². The Labute approximate surface area is 282 Å². The van der Waals surface area contributed by atoms with Crippen LogP contribution in [0.3, 0.4) is 0 Å². The van der Waals surface area contributed by atoms with Gasteiger partial charge in [-0.3, -0.25) is 19.4 Å². The molecule has 0 N–H and O–H groups in total. The topological polar surface area (TPSA) is 76.6 Å². The number of hydrogen-bond donors (Lipinski definition) is 0. The first-order valence-corrected chi connectivity index (χ1v) is 19.1. The molecule has 0 bridgehead atoms. The summed E-state index contributed by atoms with van der Waals surface area (Å²) in [6, 6.07) is 11.7. The van der Waals surface area contributed by atoms with Crippen LogP contribution in [-0.2, 0) is 28.9 Å². The van der Waals surface area contributed by atoms with Gasteiger partial charge in [-0.15, -0.1) is 0 Å². The van der Waals surface area contributed by atoms with Gasteiger partial charge in [0.1, 0.15) is 5.75 Å². The number of carbonyl (C=O) groups excluding carboxylic acids is 3. The minimum atomic E-state index is -0.559. The Hall–Kier alpha value is -2.67. The van der Waals surface area contributed by atoms with Crippen molar-refractivity contribution in [1.82, 2.24) is 9.88 Å². The maximum absolute atomic E-state index is 13.0. The molecule has 1 fully saturated rings. The maximum Gasteiger partial charge on any atom is 0.295 e. The molecule has 3 amide bonds. The molecular formula is C39H58N2O4S. The van der Waals surface area contributed by atoms with E-state index in [0.717, 1.165) is 65.8 Å². The molecule has 1 atom stereocenters. The van der Waals surface area contributed by atoms with Crippen molar-refractivity contribution in [1.29, 1.82) is 0 Å². The third-order valence-electron chi connectivity index (χ3n) is 8.93. The van der Waals surface area contributed by atoms with Gasteiger partial charge in [0.15, 0.2) is 0 Å². The number of hydrogen-bond acceptors (Lipinski definition) is 6. The Morgan fingerprint density at radius 1 is 0.739 bits per heavy atom. The number of carbonyl (C=O) groups is 3. The molecule has 2 heterocycles. The van der Waals surface area contributed by atoms with Crippen LogP contribution in [0.2, 0.25) is 0 Å². The van der Waals surface area contributed by atoms with Crippen LogP contribution >= 0.6 is 11.8 Å². The monoisotopic (exact) mass is 650 g/mol. The molecule has 1 aliphatic heterocycles. The Kier molecular flexibility index (Phi) is 18.7. The smallest absolute Gasteiger partial charge is 0.295 e. The van der Waals surface area contributed by atoms with Crippen LogP contribution < -0.4 is 4.74 Å². The first-order valence-electron chi connectivity index (χ1n) is 18.2. The zero-order valence-corrected chi connectivity index (χ0v) is 29.4. The third-order valence-corrected chi connectivity index (χ3v) is 9.97. The molecule has 1 saturated heterocycles. The lowest BCUT2D eigenvalue weighted by Gasteiger charge is -2.12. The summed E-state index contributed by atoms with van der Waals surface area (Å²) in [7, 11) is 0. The number of aromatic nitrogens is 1. The van der Waals surface area contributed by atoms with Gasteiger partial charge in [-0.25, -0.2) is 4.90 Å². The largest absolute Gasteiger partial charge is 0.493 e. The molecule has 46 heavy (non-hydrogen) atoms. The predicted molar refractivity (Wildman–Crippen MR) is 190 cm³/mol. The van der Waals surface area contributed by atoms with E-state index in [9.17, 15) is 14.4 Å². The fraction of sp³-hybridized carbons (Fsp3) is 0.641. The van der Waals surface area contributed by atoms with E-state index in [1.165, 1.54) is 95.5 Å². The Bertz CT molecular complexity index is 1150. The molecule has 3 rings (SSSR count). The number of amides is 3. The summed E-state index contributed by atoms with van der Waals surface area (Å²) in [6.45, 7) is 4.91. The molecule has 1 aliphatic rings. The quantitative estimate of drug-likeness (QED) is 0.0995. The number of benzene rings is 1. The number of aryl methyl sites for hydroxylation is 1. The average Bonchev–Trinajstić information content (AvgIpc) is 3.35. The fourth-order valence-corrected chi connectivity index (χ4v) is 6.97. The first-order chi connectivity index (χ1) is 22.5. The number of thioether (sulfide) groups is 1. The second-order valence-electron chi connectivity index (χ2n) is 12.8. The van der Waals surface area contributed by atoms with Gasteiger partial charge >= 0.3 is 0 Å². The molecule has 2 aromatic rings. The van der Waals surface area contributed by atoms with Crippen molar-refractivity contribution in [3.63, 3.8) is 0 Å². The maximum atomic E-state index is 13.0. The number of pyridine rings is 1. The van der Waals surface area contributed by atoms with Crippen molar-refractivity contribution in [3.8, 4) is 5.75 Å². The summed E-state index contributed by atoms with van der Waals surface area (Å²) < 4.78 is 5.87. The Morgan fingerprint density at radius 2 is 1.28 bits per heavy atom. The summed E-state index contributed by atoms with van der Waals surface area (Å²) in [5.74, 6) is 0.0173. The van der Waals surface area contributed by atoms with E-state index >= 15 is 0 Å². The van der Waals surface area contributed by atoms with Gasteiger partial charge in [0, 0.05) is 24.7 Å². The molecule has 6 nitrogen and oxygen atoms in total. The molecule has 1 aromatic heterocycles. The van der Waals surface area contributed by atoms with Crippen molar-refractivity contribution in [2.45, 2.75) is 154 Å². The van der Waals surface area contributed by atoms with Crippen LogP contribution in [0.5, 0.6) is 5.75 Å². The highest BCUT2D eigenvalue weighted by molar-refractivity contribution is 8.15. The summed E-state index contributed by atoms with van der Waals surface area (Å²) >= 11 is 0.967. The Morgan fingerprint density at radius 3 is 1.80 bits per heavy atom.